The highest BCUT2D eigenvalue weighted by atomic mass is 27.2. The zero-order chi connectivity index (χ0) is 14.2. The zero-order valence-electron chi connectivity index (χ0n) is 12.1. The molecule has 0 saturated heterocycles. The summed E-state index contributed by atoms with van der Waals surface area (Å²) < 4.78 is 1.25. The van der Waals surface area contributed by atoms with Gasteiger partial charge in [-0.2, -0.15) is 0 Å². The lowest BCUT2D eigenvalue weighted by molar-refractivity contribution is 1.08. The molecule has 0 saturated carbocycles. The van der Waals surface area contributed by atoms with E-state index in [2.05, 4.69) is 79.8 Å². The molecule has 4 rings (SSSR count). The maximum absolute atomic E-state index is 4.31. The average molecular weight is 285 g/mol. The molecule has 0 fully saturated rings. The van der Waals surface area contributed by atoms with Crippen molar-refractivity contribution < 1.29 is 0 Å². The van der Waals surface area contributed by atoms with Crippen LogP contribution in [0.2, 0.25) is 5.28 Å². The van der Waals surface area contributed by atoms with Gasteiger partial charge >= 0.3 is 0 Å². The highest BCUT2D eigenvalue weighted by Gasteiger charge is 2.37. The van der Waals surface area contributed by atoms with Crippen molar-refractivity contribution >= 4 is 26.3 Å². The molecule has 2 aromatic carbocycles. The van der Waals surface area contributed by atoms with Crippen LogP contribution in [0.4, 0.5) is 0 Å². The Balaban J connectivity index is 1.72. The number of hydrogen-bond acceptors (Lipinski definition) is 0. The van der Waals surface area contributed by atoms with Crippen LogP contribution in [-0.4, -0.2) is 14.1 Å². The number of benzene rings is 2. The Morgan fingerprint density at radius 2 is 1.24 bits per heavy atom. The third-order valence-corrected chi connectivity index (χ3v) is 8.61. The summed E-state index contributed by atoms with van der Waals surface area (Å²) in [7, 11) is 0. The fourth-order valence-corrected chi connectivity index (χ4v) is 7.37. The number of hydrogen-bond donors (Lipinski definition) is 0. The quantitative estimate of drug-likeness (QED) is 0.695. The SMILES string of the molecule is [CH2][CH2][Al]([CH]1C=Cc2ccccc21)[CH]1C=Cc2ccccc21. The summed E-state index contributed by atoms with van der Waals surface area (Å²) >= 11 is -1.08. The lowest BCUT2D eigenvalue weighted by Crippen LogP contribution is -2.28. The van der Waals surface area contributed by atoms with E-state index < -0.39 is 14.1 Å². The molecule has 101 valence electrons. The van der Waals surface area contributed by atoms with Crippen LogP contribution in [-0.2, 0) is 0 Å². The highest BCUT2D eigenvalue weighted by molar-refractivity contribution is 6.64. The first-order chi connectivity index (χ1) is 10.4. The number of allylic oxidation sites excluding steroid dienone is 2. The summed E-state index contributed by atoms with van der Waals surface area (Å²) in [5.41, 5.74) is 5.86. The van der Waals surface area contributed by atoms with Gasteiger partial charge in [0.15, 0.2) is 0 Å². The standard InChI is InChI=1S/2C9H7.C2H4.Al/c2*1-2-5-9-7-3-6-8(9)4-1;1-2;/h2*1-7H;1-2H2;. The third kappa shape index (κ3) is 2.13. The van der Waals surface area contributed by atoms with Gasteiger partial charge in [0.1, 0.15) is 0 Å². The molecule has 1 heteroatoms. The maximum atomic E-state index is 4.31. The van der Waals surface area contributed by atoms with Crippen molar-refractivity contribution in [2.75, 3.05) is 0 Å². The van der Waals surface area contributed by atoms with E-state index in [0.29, 0.717) is 9.56 Å². The van der Waals surface area contributed by atoms with Crippen molar-refractivity contribution in [1.82, 2.24) is 0 Å². The normalized spacial score (nSPS) is 21.4. The zero-order valence-corrected chi connectivity index (χ0v) is 13.2. The minimum Gasteiger partial charge on any atom is -0.0926 e. The van der Waals surface area contributed by atoms with Gasteiger partial charge in [-0.15, -0.1) is 0 Å². The van der Waals surface area contributed by atoms with Crippen molar-refractivity contribution in [1.29, 1.82) is 0 Å². The van der Waals surface area contributed by atoms with Crippen LogP contribution in [0.3, 0.4) is 0 Å². The van der Waals surface area contributed by atoms with E-state index in [1.165, 1.54) is 22.3 Å². The molecule has 0 aliphatic heterocycles. The molecule has 0 spiro atoms. The third-order valence-electron chi connectivity index (χ3n) is 4.93. The maximum Gasteiger partial charge on any atom is 0.291 e. The van der Waals surface area contributed by atoms with Gasteiger partial charge in [0.05, 0.1) is 0 Å². The van der Waals surface area contributed by atoms with Gasteiger partial charge in [0.2, 0.25) is 0 Å². The number of fused-ring (bicyclic) bond motifs is 2. The van der Waals surface area contributed by atoms with Crippen molar-refractivity contribution in [2.24, 2.45) is 0 Å². The molecule has 2 aliphatic rings. The van der Waals surface area contributed by atoms with Crippen LogP contribution in [0, 0.1) is 6.92 Å². The smallest absolute Gasteiger partial charge is 0.0926 e. The first-order valence-electron chi connectivity index (χ1n) is 7.72. The molecule has 1 radical (unpaired) electrons. The minimum atomic E-state index is -1.08. The Morgan fingerprint density at radius 1 is 0.762 bits per heavy atom. The molecular formula is C20H18Al. The Kier molecular flexibility index (Phi) is 3.34. The lowest BCUT2D eigenvalue weighted by Gasteiger charge is -2.24. The predicted octanol–water partition coefficient (Wildman–Crippen LogP) is 5.01. The van der Waals surface area contributed by atoms with Crippen molar-refractivity contribution in [3.63, 3.8) is 0 Å². The van der Waals surface area contributed by atoms with Crippen LogP contribution in [0.25, 0.3) is 12.2 Å². The molecule has 2 atom stereocenters. The van der Waals surface area contributed by atoms with Gasteiger partial charge in [-0.1, -0.05) is 85.0 Å². The Morgan fingerprint density at radius 3 is 1.71 bits per heavy atom. The second-order valence-corrected chi connectivity index (χ2v) is 9.32. The summed E-state index contributed by atoms with van der Waals surface area (Å²) in [6, 6.07) is 17.7. The van der Waals surface area contributed by atoms with Crippen LogP contribution < -0.4 is 0 Å². The first-order valence-corrected chi connectivity index (χ1v) is 9.87. The van der Waals surface area contributed by atoms with Crippen molar-refractivity contribution in [3.8, 4) is 0 Å². The van der Waals surface area contributed by atoms with Crippen molar-refractivity contribution in [2.45, 2.75) is 14.8 Å². The molecule has 0 heterocycles. The fourth-order valence-electron chi connectivity index (χ4n) is 3.88. The Labute approximate surface area is 131 Å². The Bertz CT molecular complexity index is 665. The van der Waals surface area contributed by atoms with E-state index in [9.17, 15) is 0 Å². The summed E-state index contributed by atoms with van der Waals surface area (Å²) in [6.07, 6.45) is 9.48. The molecule has 0 aromatic heterocycles. The monoisotopic (exact) mass is 285 g/mol. The molecule has 0 N–H and O–H groups in total. The molecule has 21 heavy (non-hydrogen) atoms. The topological polar surface area (TPSA) is 0 Å². The van der Waals surface area contributed by atoms with Crippen LogP contribution in [0.1, 0.15) is 31.8 Å². The summed E-state index contributed by atoms with van der Waals surface area (Å²) in [4.78, 5) is 0. The predicted molar refractivity (Wildman–Crippen MR) is 92.4 cm³/mol. The van der Waals surface area contributed by atoms with Gasteiger partial charge < -0.3 is 0 Å². The van der Waals surface area contributed by atoms with E-state index in [1.54, 1.807) is 0 Å². The van der Waals surface area contributed by atoms with E-state index in [1.807, 2.05) is 0 Å². The summed E-state index contributed by atoms with van der Waals surface area (Å²) in [6.45, 7) is 4.31. The molecule has 2 unspecified atom stereocenters. The van der Waals surface area contributed by atoms with Gasteiger partial charge in [0.25, 0.3) is 14.1 Å². The van der Waals surface area contributed by atoms with E-state index in [-0.39, 0.29) is 0 Å². The summed E-state index contributed by atoms with van der Waals surface area (Å²) in [5.74, 6) is 0. The molecule has 0 amide bonds. The second kappa shape index (κ2) is 5.34. The minimum absolute atomic E-state index is 0.625. The van der Waals surface area contributed by atoms with Crippen LogP contribution >= 0.6 is 0 Å². The van der Waals surface area contributed by atoms with Crippen molar-refractivity contribution in [3.05, 3.63) is 89.9 Å². The van der Waals surface area contributed by atoms with Gasteiger partial charge in [0, 0.05) is 0 Å². The van der Waals surface area contributed by atoms with E-state index >= 15 is 0 Å². The molecule has 2 aromatic rings. The lowest BCUT2D eigenvalue weighted by atomic mass is 10.1. The van der Waals surface area contributed by atoms with Crippen LogP contribution in [0.5, 0.6) is 0 Å². The average Bonchev–Trinajstić information content (AvgIpc) is 3.14. The largest absolute Gasteiger partial charge is 0.291 e. The fraction of sp³-hybridized carbons (Fsp3) is 0.150. The molecule has 2 aliphatic carbocycles. The molecule has 0 nitrogen and oxygen atoms in total. The summed E-state index contributed by atoms with van der Waals surface area (Å²) in [5, 5.41) is 1.09. The van der Waals surface area contributed by atoms with Gasteiger partial charge in [-0.05, 0) is 31.8 Å². The van der Waals surface area contributed by atoms with Gasteiger partial charge in [-0.3, -0.25) is 0 Å². The van der Waals surface area contributed by atoms with Crippen LogP contribution in [0.15, 0.2) is 60.7 Å². The second-order valence-electron chi connectivity index (χ2n) is 5.98. The highest BCUT2D eigenvalue weighted by Crippen LogP contribution is 2.41. The van der Waals surface area contributed by atoms with E-state index in [0.717, 1.165) is 5.28 Å². The number of rotatable bonds is 3. The molecule has 0 bridgehead atoms. The van der Waals surface area contributed by atoms with Gasteiger partial charge in [-0.25, -0.2) is 0 Å². The Hall–Kier alpha value is -1.55. The van der Waals surface area contributed by atoms with E-state index in [4.69, 9.17) is 0 Å². The first kappa shape index (κ1) is 13.1. The molecular weight excluding hydrogens is 267 g/mol.